The van der Waals surface area contributed by atoms with Crippen LogP contribution < -0.4 is 4.74 Å². The first-order chi connectivity index (χ1) is 7.69. The Morgan fingerprint density at radius 3 is 2.56 bits per heavy atom. The van der Waals surface area contributed by atoms with E-state index in [9.17, 15) is 0 Å². The van der Waals surface area contributed by atoms with Crippen LogP contribution in [0, 0.1) is 0 Å². The molecular weight excluding hydrogens is 216 g/mol. The van der Waals surface area contributed by atoms with Gasteiger partial charge in [0, 0.05) is 0 Å². The Morgan fingerprint density at radius 1 is 1.25 bits per heavy atom. The molecule has 1 nitrogen and oxygen atoms in total. The Hall–Kier alpha value is -0.630. The zero-order chi connectivity index (χ0) is 12.0. The smallest absolute Gasteiger partial charge is 0.122 e. The van der Waals surface area contributed by atoms with Gasteiger partial charge in [0.25, 0.3) is 0 Å². The third-order valence-corrected chi connectivity index (χ3v) is 3.11. The summed E-state index contributed by atoms with van der Waals surface area (Å²) in [6.07, 6.45) is 3.55. The molecule has 0 aliphatic rings. The zero-order valence-electron chi connectivity index (χ0n) is 10.5. The molecular formula is C14H22OS. The van der Waals surface area contributed by atoms with Gasteiger partial charge in [-0.3, -0.25) is 0 Å². The van der Waals surface area contributed by atoms with E-state index in [4.69, 9.17) is 4.74 Å². The van der Waals surface area contributed by atoms with Crippen LogP contribution in [0.25, 0.3) is 0 Å². The topological polar surface area (TPSA) is 9.23 Å². The fourth-order valence-corrected chi connectivity index (χ4v) is 2.06. The molecule has 0 heterocycles. The van der Waals surface area contributed by atoms with Crippen LogP contribution in [0.3, 0.4) is 0 Å². The summed E-state index contributed by atoms with van der Waals surface area (Å²) in [7, 11) is 1.74. The average Bonchev–Trinajstić information content (AvgIpc) is 2.29. The summed E-state index contributed by atoms with van der Waals surface area (Å²) in [4.78, 5) is 0. The van der Waals surface area contributed by atoms with Crippen molar-refractivity contribution in [1.29, 1.82) is 0 Å². The number of unbranched alkanes of at least 4 members (excludes halogenated alkanes) is 1. The molecule has 0 aliphatic heterocycles. The molecule has 2 heteroatoms. The molecule has 1 aromatic carbocycles. The van der Waals surface area contributed by atoms with E-state index in [-0.39, 0.29) is 0 Å². The molecule has 0 aromatic heterocycles. The lowest BCUT2D eigenvalue weighted by Crippen LogP contribution is -1.96. The van der Waals surface area contributed by atoms with Gasteiger partial charge in [-0.15, -0.1) is 0 Å². The highest BCUT2D eigenvalue weighted by Gasteiger charge is 2.07. The van der Waals surface area contributed by atoms with Crippen molar-refractivity contribution in [1.82, 2.24) is 0 Å². The standard InChI is InChI=1S/C14H22OS/c1-11(2)13-10-12(6-4-5-9-16)7-8-14(13)15-3/h7-8,10-11,16H,4-6,9H2,1-3H3. The lowest BCUT2D eigenvalue weighted by atomic mass is 9.97. The predicted octanol–water partition coefficient (Wildman–Crippen LogP) is 4.07. The summed E-state index contributed by atoms with van der Waals surface area (Å²) in [6, 6.07) is 6.54. The van der Waals surface area contributed by atoms with Gasteiger partial charge in [-0.1, -0.05) is 26.0 Å². The largest absolute Gasteiger partial charge is 0.496 e. The molecule has 0 amide bonds. The van der Waals surface area contributed by atoms with Crippen molar-refractivity contribution in [2.45, 2.75) is 39.0 Å². The molecule has 0 fully saturated rings. The summed E-state index contributed by atoms with van der Waals surface area (Å²) in [5.41, 5.74) is 2.72. The highest BCUT2D eigenvalue weighted by Crippen LogP contribution is 2.27. The highest BCUT2D eigenvalue weighted by molar-refractivity contribution is 7.80. The summed E-state index contributed by atoms with van der Waals surface area (Å²) in [6.45, 7) is 4.41. The van der Waals surface area contributed by atoms with Gasteiger partial charge in [-0.2, -0.15) is 12.6 Å². The minimum Gasteiger partial charge on any atom is -0.496 e. The zero-order valence-corrected chi connectivity index (χ0v) is 11.4. The quantitative estimate of drug-likeness (QED) is 0.580. The van der Waals surface area contributed by atoms with Crippen molar-refractivity contribution in [3.63, 3.8) is 0 Å². The van der Waals surface area contributed by atoms with Gasteiger partial charge in [-0.05, 0) is 48.1 Å². The van der Waals surface area contributed by atoms with Crippen LogP contribution in [-0.2, 0) is 6.42 Å². The van der Waals surface area contributed by atoms with E-state index in [1.807, 2.05) is 0 Å². The maximum absolute atomic E-state index is 5.38. The Kier molecular flexibility index (Phi) is 5.75. The maximum atomic E-state index is 5.38. The van der Waals surface area contributed by atoms with Crippen molar-refractivity contribution in [3.8, 4) is 5.75 Å². The second-order valence-electron chi connectivity index (χ2n) is 4.41. The molecule has 0 saturated heterocycles. The van der Waals surface area contributed by atoms with Crippen LogP contribution in [0.2, 0.25) is 0 Å². The van der Waals surface area contributed by atoms with E-state index in [0.717, 1.165) is 17.9 Å². The van der Waals surface area contributed by atoms with Crippen LogP contribution in [-0.4, -0.2) is 12.9 Å². The average molecular weight is 238 g/mol. The Bertz CT molecular complexity index is 321. The van der Waals surface area contributed by atoms with E-state index in [1.165, 1.54) is 24.0 Å². The molecule has 0 N–H and O–H groups in total. The summed E-state index contributed by atoms with van der Waals surface area (Å²) < 4.78 is 5.38. The van der Waals surface area contributed by atoms with E-state index < -0.39 is 0 Å². The lowest BCUT2D eigenvalue weighted by Gasteiger charge is -2.13. The number of thiol groups is 1. The first-order valence-electron chi connectivity index (χ1n) is 5.96. The van der Waals surface area contributed by atoms with Crippen molar-refractivity contribution in [2.24, 2.45) is 0 Å². The summed E-state index contributed by atoms with van der Waals surface area (Å²) in [5.74, 6) is 2.50. The minimum absolute atomic E-state index is 0.514. The molecule has 0 bridgehead atoms. The SMILES string of the molecule is COc1ccc(CCCCS)cc1C(C)C. The molecule has 0 spiro atoms. The molecule has 90 valence electrons. The van der Waals surface area contributed by atoms with Crippen LogP contribution in [0.15, 0.2) is 18.2 Å². The number of aryl methyl sites for hydroxylation is 1. The fraction of sp³-hybridized carbons (Fsp3) is 0.571. The molecule has 0 atom stereocenters. The van der Waals surface area contributed by atoms with Gasteiger partial charge in [0.2, 0.25) is 0 Å². The van der Waals surface area contributed by atoms with Gasteiger partial charge in [0.1, 0.15) is 5.75 Å². The van der Waals surface area contributed by atoms with Gasteiger partial charge in [-0.25, -0.2) is 0 Å². The van der Waals surface area contributed by atoms with Crippen LogP contribution in [0.5, 0.6) is 5.75 Å². The Balaban J connectivity index is 2.77. The van der Waals surface area contributed by atoms with Crippen LogP contribution >= 0.6 is 12.6 Å². The molecule has 0 aliphatic carbocycles. The number of methoxy groups -OCH3 is 1. The van der Waals surface area contributed by atoms with E-state index >= 15 is 0 Å². The predicted molar refractivity (Wildman–Crippen MR) is 73.9 cm³/mol. The first-order valence-corrected chi connectivity index (χ1v) is 6.60. The number of hydrogen-bond acceptors (Lipinski definition) is 2. The van der Waals surface area contributed by atoms with Crippen LogP contribution in [0.1, 0.15) is 43.7 Å². The van der Waals surface area contributed by atoms with Crippen molar-refractivity contribution < 1.29 is 4.74 Å². The fourth-order valence-electron chi connectivity index (χ4n) is 1.83. The minimum atomic E-state index is 0.514. The molecule has 1 rings (SSSR count). The normalized spacial score (nSPS) is 10.8. The van der Waals surface area contributed by atoms with E-state index in [0.29, 0.717) is 5.92 Å². The van der Waals surface area contributed by atoms with Crippen LogP contribution in [0.4, 0.5) is 0 Å². The Labute approximate surface area is 105 Å². The summed E-state index contributed by atoms with van der Waals surface area (Å²) >= 11 is 4.23. The lowest BCUT2D eigenvalue weighted by molar-refractivity contribution is 0.407. The number of rotatable bonds is 6. The second kappa shape index (κ2) is 6.85. The molecule has 16 heavy (non-hydrogen) atoms. The second-order valence-corrected chi connectivity index (χ2v) is 4.86. The number of benzene rings is 1. The third kappa shape index (κ3) is 3.75. The van der Waals surface area contributed by atoms with Gasteiger partial charge < -0.3 is 4.74 Å². The molecule has 0 saturated carbocycles. The van der Waals surface area contributed by atoms with Gasteiger partial charge >= 0.3 is 0 Å². The Morgan fingerprint density at radius 2 is 2.00 bits per heavy atom. The van der Waals surface area contributed by atoms with E-state index in [1.54, 1.807) is 7.11 Å². The molecule has 0 unspecified atom stereocenters. The van der Waals surface area contributed by atoms with Gasteiger partial charge in [0.15, 0.2) is 0 Å². The number of hydrogen-bond donors (Lipinski definition) is 1. The number of ether oxygens (including phenoxy) is 1. The van der Waals surface area contributed by atoms with Crippen molar-refractivity contribution in [2.75, 3.05) is 12.9 Å². The summed E-state index contributed by atoms with van der Waals surface area (Å²) in [5, 5.41) is 0. The molecule has 0 radical (unpaired) electrons. The third-order valence-electron chi connectivity index (χ3n) is 2.79. The van der Waals surface area contributed by atoms with Crippen molar-refractivity contribution in [3.05, 3.63) is 29.3 Å². The first kappa shape index (κ1) is 13.4. The monoisotopic (exact) mass is 238 g/mol. The highest BCUT2D eigenvalue weighted by atomic mass is 32.1. The molecule has 1 aromatic rings. The maximum Gasteiger partial charge on any atom is 0.122 e. The van der Waals surface area contributed by atoms with Crippen molar-refractivity contribution >= 4 is 12.6 Å². The van der Waals surface area contributed by atoms with Gasteiger partial charge in [0.05, 0.1) is 7.11 Å². The van der Waals surface area contributed by atoms with E-state index in [2.05, 4.69) is 44.7 Å².